The third-order valence-electron chi connectivity index (χ3n) is 5.07. The quantitative estimate of drug-likeness (QED) is 0.283. The average molecular weight is 428 g/mol. The number of fused-ring (bicyclic) bond motifs is 2. The summed E-state index contributed by atoms with van der Waals surface area (Å²) >= 11 is 0. The minimum atomic E-state index is -0.808. The van der Waals surface area contributed by atoms with Crippen molar-refractivity contribution in [1.29, 1.82) is 0 Å². The number of phenols is 3. The fourth-order valence-corrected chi connectivity index (χ4v) is 3.47. The zero-order valence-corrected chi connectivity index (χ0v) is 17.1. The van der Waals surface area contributed by atoms with Gasteiger partial charge in [-0.05, 0) is 47.5 Å². The maximum Gasteiger partial charge on any atom is 0.238 e. The predicted molar refractivity (Wildman–Crippen MR) is 123 cm³/mol. The second-order valence-electron chi connectivity index (χ2n) is 7.29. The lowest BCUT2D eigenvalue weighted by atomic mass is 10.1. The Morgan fingerprint density at radius 2 is 1.44 bits per heavy atom. The van der Waals surface area contributed by atoms with Gasteiger partial charge in [0.05, 0.1) is 0 Å². The van der Waals surface area contributed by atoms with Crippen LogP contribution in [-0.2, 0) is 0 Å². The van der Waals surface area contributed by atoms with Crippen LogP contribution in [0.4, 0.5) is 0 Å². The predicted octanol–water partition coefficient (Wildman–Crippen LogP) is 5.43. The van der Waals surface area contributed by atoms with Crippen LogP contribution in [0.2, 0.25) is 0 Å². The van der Waals surface area contributed by atoms with Gasteiger partial charge in [-0.3, -0.25) is 4.79 Å². The standard InChI is InChI=1S/C15H10O6.C11H10/c16-8-3-1-7(2-4-8)15-14(20)13(19)12-10(18)5-9(17)6-11(12)21-15;1-9-5-4-7-10-6-2-3-8-11(9)10/h1-6,16-18,20H;2-8H,1H3. The van der Waals surface area contributed by atoms with E-state index < -0.39 is 16.9 Å². The topological polar surface area (TPSA) is 111 Å². The lowest BCUT2D eigenvalue weighted by molar-refractivity contribution is 0.438. The van der Waals surface area contributed by atoms with Gasteiger partial charge in [-0.2, -0.15) is 0 Å². The van der Waals surface area contributed by atoms with Crippen LogP contribution in [0.15, 0.2) is 88.1 Å². The highest BCUT2D eigenvalue weighted by molar-refractivity contribution is 5.88. The first-order chi connectivity index (χ1) is 15.3. The molecule has 1 heterocycles. The SMILES string of the molecule is Cc1cccc2ccccc12.O=c1c(O)c(-c2ccc(O)cc2)oc2cc(O)cc(O)c12. The molecule has 0 radical (unpaired) electrons. The van der Waals surface area contributed by atoms with Crippen LogP contribution in [0.25, 0.3) is 33.1 Å². The van der Waals surface area contributed by atoms with Crippen molar-refractivity contribution < 1.29 is 24.8 Å². The molecule has 0 bridgehead atoms. The summed E-state index contributed by atoms with van der Waals surface area (Å²) < 4.78 is 5.41. The molecule has 0 amide bonds. The Balaban J connectivity index is 0.000000186. The summed E-state index contributed by atoms with van der Waals surface area (Å²) in [6, 6.07) is 22.6. The monoisotopic (exact) mass is 428 g/mol. The molecule has 0 aliphatic heterocycles. The molecule has 4 N–H and O–H groups in total. The average Bonchev–Trinajstić information content (AvgIpc) is 2.77. The molecule has 0 spiro atoms. The summed E-state index contributed by atoms with van der Waals surface area (Å²) in [5.74, 6) is -1.50. The smallest absolute Gasteiger partial charge is 0.238 e. The van der Waals surface area contributed by atoms with Gasteiger partial charge in [0, 0.05) is 17.7 Å². The maximum absolute atomic E-state index is 12.1. The second kappa shape index (κ2) is 8.35. The fourth-order valence-electron chi connectivity index (χ4n) is 3.47. The molecule has 160 valence electrons. The summed E-state index contributed by atoms with van der Waals surface area (Å²) in [6.07, 6.45) is 0. The molecule has 6 nitrogen and oxygen atoms in total. The summed E-state index contributed by atoms with van der Waals surface area (Å²) in [5, 5.41) is 40.8. The Labute approximate surface area is 182 Å². The maximum atomic E-state index is 12.1. The van der Waals surface area contributed by atoms with E-state index in [-0.39, 0.29) is 28.2 Å². The van der Waals surface area contributed by atoms with Crippen molar-refractivity contribution >= 4 is 21.7 Å². The largest absolute Gasteiger partial charge is 0.508 e. The molecule has 0 fully saturated rings. The Morgan fingerprint density at radius 1 is 0.750 bits per heavy atom. The number of phenolic OH excluding ortho intramolecular Hbond substituents is 3. The molecular weight excluding hydrogens is 408 g/mol. The highest BCUT2D eigenvalue weighted by Gasteiger charge is 2.18. The van der Waals surface area contributed by atoms with Crippen LogP contribution in [-0.4, -0.2) is 20.4 Å². The van der Waals surface area contributed by atoms with E-state index in [0.717, 1.165) is 6.07 Å². The zero-order chi connectivity index (χ0) is 22.8. The minimum Gasteiger partial charge on any atom is -0.508 e. The van der Waals surface area contributed by atoms with E-state index in [9.17, 15) is 25.2 Å². The van der Waals surface area contributed by atoms with Gasteiger partial charge in [0.25, 0.3) is 0 Å². The van der Waals surface area contributed by atoms with Gasteiger partial charge < -0.3 is 24.8 Å². The van der Waals surface area contributed by atoms with Gasteiger partial charge >= 0.3 is 0 Å². The van der Waals surface area contributed by atoms with Gasteiger partial charge in [-0.1, -0.05) is 42.5 Å². The fraction of sp³-hybridized carbons (Fsp3) is 0.0385. The molecular formula is C26H20O6. The van der Waals surface area contributed by atoms with E-state index in [1.165, 1.54) is 46.7 Å². The number of rotatable bonds is 1. The van der Waals surface area contributed by atoms with E-state index >= 15 is 0 Å². The molecule has 0 saturated heterocycles. The number of benzene rings is 4. The number of hydrogen-bond donors (Lipinski definition) is 4. The van der Waals surface area contributed by atoms with Crippen LogP contribution >= 0.6 is 0 Å². The molecule has 5 aromatic rings. The number of aromatic hydroxyl groups is 4. The molecule has 1 aromatic heterocycles. The third kappa shape index (κ3) is 3.94. The third-order valence-corrected chi connectivity index (χ3v) is 5.07. The van der Waals surface area contributed by atoms with Crippen molar-refractivity contribution in [3.05, 3.63) is 94.6 Å². The Bertz CT molecular complexity index is 1480. The van der Waals surface area contributed by atoms with Gasteiger partial charge in [0.1, 0.15) is 28.2 Å². The van der Waals surface area contributed by atoms with E-state index in [2.05, 4.69) is 49.4 Å². The molecule has 0 saturated carbocycles. The second-order valence-corrected chi connectivity index (χ2v) is 7.29. The molecule has 4 aromatic carbocycles. The molecule has 0 aliphatic carbocycles. The molecule has 0 atom stereocenters. The lowest BCUT2D eigenvalue weighted by Crippen LogP contribution is -2.02. The molecule has 6 heteroatoms. The van der Waals surface area contributed by atoms with Crippen molar-refractivity contribution in [1.82, 2.24) is 0 Å². The van der Waals surface area contributed by atoms with Crippen LogP contribution in [0.1, 0.15) is 5.56 Å². The Morgan fingerprint density at radius 3 is 2.16 bits per heavy atom. The van der Waals surface area contributed by atoms with Gasteiger partial charge in [-0.15, -0.1) is 0 Å². The lowest BCUT2D eigenvalue weighted by Gasteiger charge is -2.07. The Kier molecular flexibility index (Phi) is 5.43. The van der Waals surface area contributed by atoms with Crippen LogP contribution in [0.5, 0.6) is 23.0 Å². The molecule has 32 heavy (non-hydrogen) atoms. The van der Waals surface area contributed by atoms with Gasteiger partial charge in [0.15, 0.2) is 5.76 Å². The van der Waals surface area contributed by atoms with Crippen molar-refractivity contribution in [2.75, 3.05) is 0 Å². The number of aryl methyl sites for hydroxylation is 1. The minimum absolute atomic E-state index is 0.0247. The van der Waals surface area contributed by atoms with Gasteiger partial charge in [-0.25, -0.2) is 0 Å². The first-order valence-corrected chi connectivity index (χ1v) is 9.80. The molecule has 0 unspecified atom stereocenters. The summed E-state index contributed by atoms with van der Waals surface area (Å²) in [6.45, 7) is 2.14. The summed E-state index contributed by atoms with van der Waals surface area (Å²) in [7, 11) is 0. The van der Waals surface area contributed by atoms with Crippen LogP contribution in [0, 0.1) is 6.92 Å². The summed E-state index contributed by atoms with van der Waals surface area (Å²) in [4.78, 5) is 12.1. The van der Waals surface area contributed by atoms with E-state index in [1.54, 1.807) is 0 Å². The first-order valence-electron chi connectivity index (χ1n) is 9.80. The summed E-state index contributed by atoms with van der Waals surface area (Å²) in [5.41, 5.74) is 0.852. The number of hydrogen-bond acceptors (Lipinski definition) is 6. The van der Waals surface area contributed by atoms with Crippen LogP contribution < -0.4 is 5.43 Å². The zero-order valence-electron chi connectivity index (χ0n) is 17.1. The van der Waals surface area contributed by atoms with Gasteiger partial charge in [0.2, 0.25) is 11.2 Å². The van der Waals surface area contributed by atoms with Crippen molar-refractivity contribution in [3.63, 3.8) is 0 Å². The van der Waals surface area contributed by atoms with Crippen molar-refractivity contribution in [2.45, 2.75) is 6.92 Å². The normalized spacial score (nSPS) is 10.7. The van der Waals surface area contributed by atoms with E-state index in [4.69, 9.17) is 4.42 Å². The highest BCUT2D eigenvalue weighted by atomic mass is 16.4. The van der Waals surface area contributed by atoms with Crippen molar-refractivity contribution in [2.24, 2.45) is 0 Å². The molecule has 0 aliphatic rings. The van der Waals surface area contributed by atoms with E-state index in [1.807, 2.05) is 0 Å². The highest BCUT2D eigenvalue weighted by Crippen LogP contribution is 2.35. The molecule has 5 rings (SSSR count). The first kappa shape index (κ1) is 20.8. The van der Waals surface area contributed by atoms with E-state index in [0.29, 0.717) is 5.56 Å². The van der Waals surface area contributed by atoms with Crippen molar-refractivity contribution in [3.8, 4) is 34.3 Å². The van der Waals surface area contributed by atoms with Crippen LogP contribution in [0.3, 0.4) is 0 Å². The Hall–Kier alpha value is -4.45.